The molecule has 4 rings (SSSR count). The van der Waals surface area contributed by atoms with E-state index >= 15 is 0 Å². The van der Waals surface area contributed by atoms with Crippen LogP contribution in [0.4, 0.5) is 10.7 Å². The largest absolute Gasteiger partial charge is 0.478 e. The second-order valence-corrected chi connectivity index (χ2v) is 13.6. The summed E-state index contributed by atoms with van der Waals surface area (Å²) >= 11 is 26.9. The van der Waals surface area contributed by atoms with Crippen LogP contribution < -0.4 is 10.6 Å². The summed E-state index contributed by atoms with van der Waals surface area (Å²) in [5.74, 6) is -2.67. The molecule has 2 aromatic carbocycles. The number of anilines is 2. The summed E-state index contributed by atoms with van der Waals surface area (Å²) in [4.78, 5) is 52.4. The molecule has 2 atom stereocenters. The summed E-state index contributed by atoms with van der Waals surface area (Å²) in [6.45, 7) is 3.88. The van der Waals surface area contributed by atoms with Gasteiger partial charge in [0.2, 0.25) is 5.91 Å². The predicted molar refractivity (Wildman–Crippen MR) is 169 cm³/mol. The molecule has 1 aliphatic rings. The Morgan fingerprint density at radius 1 is 1.02 bits per heavy atom. The third-order valence-electron chi connectivity index (χ3n) is 6.62. The van der Waals surface area contributed by atoms with Gasteiger partial charge in [0.15, 0.2) is 0 Å². The quantitative estimate of drug-likeness (QED) is 0.0941. The number of carbonyl (C=O) groups is 4. The maximum Gasteiger partial charge on any atom is 0.341 e. The molecule has 3 N–H and O–H groups in total. The topological polar surface area (TPSA) is 122 Å². The predicted octanol–water partition coefficient (Wildman–Crippen LogP) is 8.34. The van der Waals surface area contributed by atoms with E-state index in [4.69, 9.17) is 51.1 Å². The van der Waals surface area contributed by atoms with Gasteiger partial charge in [0, 0.05) is 15.5 Å². The fraction of sp³-hybridized carbons (Fsp3) is 0.286. The van der Waals surface area contributed by atoms with Crippen molar-refractivity contribution in [1.82, 2.24) is 0 Å². The third-order valence-corrected chi connectivity index (χ3v) is 10.7. The number of fused-ring (bicyclic) bond motifs is 1. The number of esters is 1. The van der Waals surface area contributed by atoms with Crippen LogP contribution in [0.5, 0.6) is 0 Å². The van der Waals surface area contributed by atoms with Crippen LogP contribution in [0.15, 0.2) is 29.2 Å². The number of methoxy groups -OCH3 is 1. The highest BCUT2D eigenvalue weighted by Crippen LogP contribution is 2.43. The van der Waals surface area contributed by atoms with E-state index in [2.05, 4.69) is 17.6 Å². The molecule has 2 amide bonds. The molecular weight excluding hydrogens is 666 g/mol. The smallest absolute Gasteiger partial charge is 0.341 e. The van der Waals surface area contributed by atoms with Gasteiger partial charge >= 0.3 is 11.9 Å². The van der Waals surface area contributed by atoms with Crippen molar-refractivity contribution >= 4 is 104 Å². The fourth-order valence-corrected chi connectivity index (χ4v) is 7.86. The van der Waals surface area contributed by atoms with Crippen molar-refractivity contribution in [3.63, 3.8) is 0 Å². The summed E-state index contributed by atoms with van der Waals surface area (Å²) in [7, 11) is 1.32. The van der Waals surface area contributed by atoms with E-state index in [0.717, 1.165) is 29.7 Å². The Kier molecular flexibility index (Phi) is 10.4. The molecule has 0 saturated carbocycles. The number of thiophene rings is 1. The average Bonchev–Trinajstić information content (AvgIpc) is 3.29. The number of carboxylic acid groups (broad SMARTS) is 1. The van der Waals surface area contributed by atoms with Gasteiger partial charge in [-0.3, -0.25) is 9.59 Å². The van der Waals surface area contributed by atoms with E-state index in [0.29, 0.717) is 27.1 Å². The number of halogens is 4. The Morgan fingerprint density at radius 3 is 2.33 bits per heavy atom. The number of thioether (sulfide) groups is 1. The van der Waals surface area contributed by atoms with Gasteiger partial charge in [0.05, 0.1) is 49.1 Å². The van der Waals surface area contributed by atoms with E-state index in [1.807, 2.05) is 0 Å². The van der Waals surface area contributed by atoms with Gasteiger partial charge in [0.25, 0.3) is 5.91 Å². The Balaban J connectivity index is 1.51. The molecule has 42 heavy (non-hydrogen) atoms. The highest BCUT2D eigenvalue weighted by atomic mass is 35.5. The fourth-order valence-electron chi connectivity index (χ4n) is 4.51. The summed E-state index contributed by atoms with van der Waals surface area (Å²) in [6, 6.07) is 6.61. The zero-order valence-electron chi connectivity index (χ0n) is 22.4. The molecule has 0 bridgehead atoms. The first kappa shape index (κ1) is 32.4. The number of aromatic carboxylic acids is 1. The van der Waals surface area contributed by atoms with Crippen molar-refractivity contribution in [1.29, 1.82) is 0 Å². The summed E-state index contributed by atoms with van der Waals surface area (Å²) in [5, 5.41) is 13.7. The zero-order valence-corrected chi connectivity index (χ0v) is 27.1. The van der Waals surface area contributed by atoms with Crippen molar-refractivity contribution in [2.45, 2.75) is 43.3 Å². The van der Waals surface area contributed by atoms with Crippen LogP contribution in [0.1, 0.15) is 61.8 Å². The number of rotatable bonds is 8. The van der Waals surface area contributed by atoms with Crippen LogP contribution in [-0.2, 0) is 22.4 Å². The molecule has 1 aromatic heterocycles. The minimum Gasteiger partial charge on any atom is -0.478 e. The molecular formula is C28H24Cl4N2O6S2. The first-order chi connectivity index (χ1) is 19.8. The lowest BCUT2D eigenvalue weighted by atomic mass is 9.88. The van der Waals surface area contributed by atoms with Gasteiger partial charge in [-0.1, -0.05) is 59.4 Å². The second kappa shape index (κ2) is 13.4. The van der Waals surface area contributed by atoms with Gasteiger partial charge in [-0.25, -0.2) is 9.59 Å². The Bertz CT molecular complexity index is 1610. The summed E-state index contributed by atoms with van der Waals surface area (Å²) in [6.07, 6.45) is 2.56. The van der Waals surface area contributed by atoms with E-state index in [1.165, 1.54) is 30.2 Å². The number of amides is 2. The molecule has 0 aliphatic heterocycles. The minimum atomic E-state index is -1.51. The molecule has 0 saturated heterocycles. The van der Waals surface area contributed by atoms with E-state index in [9.17, 15) is 24.3 Å². The van der Waals surface area contributed by atoms with E-state index in [-0.39, 0.29) is 21.0 Å². The van der Waals surface area contributed by atoms with E-state index in [1.54, 1.807) is 31.2 Å². The molecule has 0 spiro atoms. The van der Waals surface area contributed by atoms with Gasteiger partial charge in [-0.15, -0.1) is 23.1 Å². The SMILES string of the molecule is COC(=O)c1c(NC(=O)C(C)Sc2cccc(NC(=O)c3c(Cl)c(Cl)c(Cl)c(Cl)c3C(=O)O)c2)sc2c1CCC(C)C2. The van der Waals surface area contributed by atoms with Gasteiger partial charge in [0.1, 0.15) is 5.00 Å². The second-order valence-electron chi connectivity index (χ2n) is 9.59. The molecule has 0 fully saturated rings. The zero-order chi connectivity index (χ0) is 30.9. The van der Waals surface area contributed by atoms with Crippen LogP contribution >= 0.6 is 69.5 Å². The Hall–Kier alpha value is -2.47. The normalized spacial score (nSPS) is 15.0. The number of hydrogen-bond acceptors (Lipinski definition) is 7. The highest BCUT2D eigenvalue weighted by Gasteiger charge is 2.31. The Morgan fingerprint density at radius 2 is 1.69 bits per heavy atom. The molecule has 8 nitrogen and oxygen atoms in total. The van der Waals surface area contributed by atoms with Crippen molar-refractivity contribution in [2.75, 3.05) is 17.7 Å². The van der Waals surface area contributed by atoms with Crippen LogP contribution in [0.2, 0.25) is 20.1 Å². The standard InChI is InChI=1S/C28H24Cl4N2O6S2/c1-11-7-8-15-16(9-11)42-26(17(15)28(39)40-3)34-24(35)12(2)41-14-6-4-5-13(10-14)33-25(36)18-19(27(37)38)21(30)23(32)22(31)20(18)29/h4-6,10-12H,7-9H2,1-3H3,(H,33,36)(H,34,35)(H,37,38). The van der Waals surface area contributed by atoms with Gasteiger partial charge < -0.3 is 20.5 Å². The van der Waals surface area contributed by atoms with Crippen molar-refractivity contribution in [2.24, 2.45) is 5.92 Å². The maximum absolute atomic E-state index is 13.2. The minimum absolute atomic E-state index is 0.251. The molecule has 222 valence electrons. The lowest BCUT2D eigenvalue weighted by molar-refractivity contribution is -0.115. The number of ether oxygens (including phenoxy) is 1. The number of nitrogens with one attached hydrogen (secondary N) is 2. The molecule has 2 unspecified atom stereocenters. The first-order valence-corrected chi connectivity index (χ1v) is 15.8. The lowest BCUT2D eigenvalue weighted by Gasteiger charge is -2.18. The molecule has 1 heterocycles. The van der Waals surface area contributed by atoms with Gasteiger partial charge in [-0.2, -0.15) is 0 Å². The monoisotopic (exact) mass is 688 g/mol. The first-order valence-electron chi connectivity index (χ1n) is 12.5. The molecule has 0 radical (unpaired) electrons. The third kappa shape index (κ3) is 6.69. The van der Waals surface area contributed by atoms with Crippen molar-refractivity contribution in [3.8, 4) is 0 Å². The van der Waals surface area contributed by atoms with Crippen molar-refractivity contribution < 1.29 is 29.0 Å². The molecule has 14 heteroatoms. The Labute approximate surface area is 270 Å². The highest BCUT2D eigenvalue weighted by molar-refractivity contribution is 8.00. The maximum atomic E-state index is 13.2. The number of benzene rings is 2. The molecule has 3 aromatic rings. The van der Waals surface area contributed by atoms with Crippen LogP contribution in [0, 0.1) is 5.92 Å². The van der Waals surface area contributed by atoms with Crippen LogP contribution in [-0.4, -0.2) is 41.2 Å². The average molecular weight is 690 g/mol. The number of carboxylic acids is 1. The molecule has 1 aliphatic carbocycles. The summed E-state index contributed by atoms with van der Waals surface area (Å²) < 4.78 is 5.00. The van der Waals surface area contributed by atoms with Gasteiger partial charge in [-0.05, 0) is 55.9 Å². The van der Waals surface area contributed by atoms with E-state index < -0.39 is 39.2 Å². The van der Waals surface area contributed by atoms with Crippen LogP contribution in [0.3, 0.4) is 0 Å². The van der Waals surface area contributed by atoms with Crippen LogP contribution in [0.25, 0.3) is 0 Å². The summed E-state index contributed by atoms with van der Waals surface area (Å²) in [5.41, 5.74) is 0.643. The lowest BCUT2D eigenvalue weighted by Crippen LogP contribution is -2.23. The number of hydrogen-bond donors (Lipinski definition) is 3. The van der Waals surface area contributed by atoms with Crippen molar-refractivity contribution in [3.05, 3.63) is 71.5 Å². The number of carbonyl (C=O) groups excluding carboxylic acids is 3.